The Morgan fingerprint density at radius 2 is 1.94 bits per heavy atom. The molecule has 0 bridgehead atoms. The Labute approximate surface area is 95.1 Å². The highest BCUT2D eigenvalue weighted by molar-refractivity contribution is 5.24. The van der Waals surface area contributed by atoms with Gasteiger partial charge in [-0.3, -0.25) is 0 Å². The molecule has 0 fully saturated rings. The van der Waals surface area contributed by atoms with E-state index in [4.69, 9.17) is 4.74 Å². The van der Waals surface area contributed by atoms with Gasteiger partial charge in [-0.15, -0.1) is 0 Å². The fourth-order valence-corrected chi connectivity index (χ4v) is 1.63. The first-order valence-corrected chi connectivity index (χ1v) is 5.27. The van der Waals surface area contributed by atoms with E-state index in [1.807, 2.05) is 24.4 Å². The van der Waals surface area contributed by atoms with Crippen molar-refractivity contribution in [2.24, 2.45) is 0 Å². The molecule has 1 aromatic heterocycles. The highest BCUT2D eigenvalue weighted by Gasteiger charge is 2.03. The van der Waals surface area contributed by atoms with Gasteiger partial charge in [-0.2, -0.15) is 0 Å². The van der Waals surface area contributed by atoms with Crippen molar-refractivity contribution < 1.29 is 4.74 Å². The third kappa shape index (κ3) is 2.57. The van der Waals surface area contributed by atoms with Crippen molar-refractivity contribution in [2.45, 2.75) is 12.8 Å². The van der Waals surface area contributed by atoms with Gasteiger partial charge in [-0.25, -0.2) is 9.97 Å². The van der Waals surface area contributed by atoms with Crippen molar-refractivity contribution in [3.05, 3.63) is 54.0 Å². The summed E-state index contributed by atoms with van der Waals surface area (Å²) in [6.07, 6.45) is 5.19. The number of rotatable bonds is 4. The second-order valence-corrected chi connectivity index (χ2v) is 3.54. The van der Waals surface area contributed by atoms with Gasteiger partial charge in [0.2, 0.25) is 5.88 Å². The molecule has 0 saturated carbocycles. The van der Waals surface area contributed by atoms with Gasteiger partial charge in [0.15, 0.2) is 0 Å². The Morgan fingerprint density at radius 1 is 1.12 bits per heavy atom. The standard InChI is InChI=1S/C13H14N2O/c1-16-13-12(9-14-10-15-13)8-7-11-5-3-2-4-6-11/h2-6,9-10H,7-8H2,1H3. The van der Waals surface area contributed by atoms with Crippen LogP contribution in [0.2, 0.25) is 0 Å². The number of ether oxygens (including phenoxy) is 1. The normalized spacial score (nSPS) is 10.1. The molecular weight excluding hydrogens is 200 g/mol. The minimum atomic E-state index is 0.672. The van der Waals surface area contributed by atoms with Crippen LogP contribution in [-0.4, -0.2) is 17.1 Å². The maximum atomic E-state index is 5.18. The zero-order chi connectivity index (χ0) is 11.2. The Kier molecular flexibility index (Phi) is 3.49. The van der Waals surface area contributed by atoms with Crippen molar-refractivity contribution in [3.8, 4) is 5.88 Å². The minimum absolute atomic E-state index is 0.672. The first-order chi connectivity index (χ1) is 7.90. The molecule has 0 N–H and O–H groups in total. The van der Waals surface area contributed by atoms with Crippen LogP contribution in [0.15, 0.2) is 42.9 Å². The molecule has 2 aromatic rings. The second-order valence-electron chi connectivity index (χ2n) is 3.54. The predicted octanol–water partition coefficient (Wildman–Crippen LogP) is 2.27. The molecule has 16 heavy (non-hydrogen) atoms. The van der Waals surface area contributed by atoms with Crippen molar-refractivity contribution in [3.63, 3.8) is 0 Å². The molecule has 0 radical (unpaired) electrons. The van der Waals surface area contributed by atoms with Gasteiger partial charge >= 0.3 is 0 Å². The Balaban J connectivity index is 2.05. The zero-order valence-corrected chi connectivity index (χ0v) is 9.26. The number of benzene rings is 1. The third-order valence-electron chi connectivity index (χ3n) is 2.47. The average Bonchev–Trinajstić information content (AvgIpc) is 2.38. The number of hydrogen-bond acceptors (Lipinski definition) is 3. The molecule has 3 heteroatoms. The van der Waals surface area contributed by atoms with E-state index in [1.165, 1.54) is 11.9 Å². The van der Waals surface area contributed by atoms with E-state index in [0.717, 1.165) is 18.4 Å². The fraction of sp³-hybridized carbons (Fsp3) is 0.231. The average molecular weight is 214 g/mol. The molecule has 0 saturated heterocycles. The quantitative estimate of drug-likeness (QED) is 0.783. The summed E-state index contributed by atoms with van der Waals surface area (Å²) in [6, 6.07) is 10.4. The van der Waals surface area contributed by atoms with Gasteiger partial charge in [-0.1, -0.05) is 30.3 Å². The Bertz CT molecular complexity index is 443. The summed E-state index contributed by atoms with van der Waals surface area (Å²) in [5.74, 6) is 0.672. The van der Waals surface area contributed by atoms with E-state index in [1.54, 1.807) is 7.11 Å². The molecule has 2 rings (SSSR count). The lowest BCUT2D eigenvalue weighted by atomic mass is 10.1. The molecule has 0 spiro atoms. The summed E-state index contributed by atoms with van der Waals surface area (Å²) in [7, 11) is 1.63. The molecule has 1 aromatic carbocycles. The van der Waals surface area contributed by atoms with Gasteiger partial charge in [0.1, 0.15) is 6.33 Å². The molecule has 0 unspecified atom stereocenters. The molecule has 0 aliphatic carbocycles. The highest BCUT2D eigenvalue weighted by Crippen LogP contribution is 2.15. The van der Waals surface area contributed by atoms with E-state index < -0.39 is 0 Å². The minimum Gasteiger partial charge on any atom is -0.481 e. The maximum absolute atomic E-state index is 5.18. The summed E-state index contributed by atoms with van der Waals surface area (Å²) >= 11 is 0. The SMILES string of the molecule is COc1ncncc1CCc1ccccc1. The summed E-state index contributed by atoms with van der Waals surface area (Å²) in [4.78, 5) is 8.09. The lowest BCUT2D eigenvalue weighted by molar-refractivity contribution is 0.391. The van der Waals surface area contributed by atoms with E-state index >= 15 is 0 Å². The molecule has 0 aliphatic heterocycles. The first-order valence-electron chi connectivity index (χ1n) is 5.27. The molecule has 3 nitrogen and oxygen atoms in total. The molecule has 1 heterocycles. The van der Waals surface area contributed by atoms with Crippen LogP contribution in [0.1, 0.15) is 11.1 Å². The topological polar surface area (TPSA) is 35.0 Å². The number of hydrogen-bond donors (Lipinski definition) is 0. The van der Waals surface area contributed by atoms with Crippen molar-refractivity contribution in [1.82, 2.24) is 9.97 Å². The van der Waals surface area contributed by atoms with Crippen LogP contribution in [-0.2, 0) is 12.8 Å². The van der Waals surface area contributed by atoms with Crippen molar-refractivity contribution in [2.75, 3.05) is 7.11 Å². The third-order valence-corrected chi connectivity index (χ3v) is 2.47. The predicted molar refractivity (Wildman–Crippen MR) is 62.4 cm³/mol. The van der Waals surface area contributed by atoms with Crippen LogP contribution in [0.4, 0.5) is 0 Å². The van der Waals surface area contributed by atoms with Gasteiger partial charge in [-0.05, 0) is 18.4 Å². The summed E-state index contributed by atoms with van der Waals surface area (Å²) < 4.78 is 5.18. The second kappa shape index (κ2) is 5.26. The van der Waals surface area contributed by atoms with Gasteiger partial charge in [0.05, 0.1) is 7.11 Å². The van der Waals surface area contributed by atoms with Crippen LogP contribution in [0.5, 0.6) is 5.88 Å². The number of methoxy groups -OCH3 is 1. The maximum Gasteiger partial charge on any atom is 0.219 e. The fourth-order valence-electron chi connectivity index (χ4n) is 1.63. The lowest BCUT2D eigenvalue weighted by Gasteiger charge is -2.05. The van der Waals surface area contributed by atoms with E-state index in [-0.39, 0.29) is 0 Å². The lowest BCUT2D eigenvalue weighted by Crippen LogP contribution is -1.98. The highest BCUT2D eigenvalue weighted by atomic mass is 16.5. The summed E-state index contributed by atoms with van der Waals surface area (Å²) in [5.41, 5.74) is 2.36. The van der Waals surface area contributed by atoms with E-state index in [0.29, 0.717) is 5.88 Å². The van der Waals surface area contributed by atoms with Crippen LogP contribution in [0.25, 0.3) is 0 Å². The van der Waals surface area contributed by atoms with Crippen molar-refractivity contribution >= 4 is 0 Å². The molecular formula is C13H14N2O. The van der Waals surface area contributed by atoms with E-state index in [9.17, 15) is 0 Å². The summed E-state index contributed by atoms with van der Waals surface area (Å²) in [5, 5.41) is 0. The number of aromatic nitrogens is 2. The van der Waals surface area contributed by atoms with Gasteiger partial charge in [0, 0.05) is 11.8 Å². The number of aryl methyl sites for hydroxylation is 2. The number of nitrogens with zero attached hydrogens (tertiary/aromatic N) is 2. The van der Waals surface area contributed by atoms with Gasteiger partial charge in [0.25, 0.3) is 0 Å². The van der Waals surface area contributed by atoms with Crippen LogP contribution >= 0.6 is 0 Å². The molecule has 0 atom stereocenters. The smallest absolute Gasteiger partial charge is 0.219 e. The molecule has 0 amide bonds. The van der Waals surface area contributed by atoms with Crippen LogP contribution < -0.4 is 4.74 Å². The van der Waals surface area contributed by atoms with Crippen LogP contribution in [0, 0.1) is 0 Å². The van der Waals surface area contributed by atoms with E-state index in [2.05, 4.69) is 22.1 Å². The Hall–Kier alpha value is -1.90. The van der Waals surface area contributed by atoms with Gasteiger partial charge < -0.3 is 4.74 Å². The summed E-state index contributed by atoms with van der Waals surface area (Å²) in [6.45, 7) is 0. The van der Waals surface area contributed by atoms with Crippen molar-refractivity contribution in [1.29, 1.82) is 0 Å². The Morgan fingerprint density at radius 3 is 2.69 bits per heavy atom. The monoisotopic (exact) mass is 214 g/mol. The zero-order valence-electron chi connectivity index (χ0n) is 9.26. The molecule has 0 aliphatic rings. The van der Waals surface area contributed by atoms with Crippen LogP contribution in [0.3, 0.4) is 0 Å². The largest absolute Gasteiger partial charge is 0.481 e. The molecule has 82 valence electrons. The first kappa shape index (κ1) is 10.6.